The summed E-state index contributed by atoms with van der Waals surface area (Å²) >= 11 is 3.45. The van der Waals surface area contributed by atoms with E-state index in [9.17, 15) is 9.59 Å². The standard InChI is InChI=1S/C21H23BrN2O4/c1-14-21(26)24(17-6-4-5-7-19(17)28-14)11-10-20(25)23(2)13-15-12-16(22)8-9-18(15)27-3/h4-9,12,14H,10-11,13H2,1-3H3. The number of anilines is 1. The van der Waals surface area contributed by atoms with Gasteiger partial charge < -0.3 is 19.3 Å². The summed E-state index contributed by atoms with van der Waals surface area (Å²) in [6, 6.07) is 13.1. The molecule has 0 aliphatic carbocycles. The molecule has 2 aromatic carbocycles. The van der Waals surface area contributed by atoms with Crippen molar-refractivity contribution in [3.8, 4) is 11.5 Å². The van der Waals surface area contributed by atoms with Gasteiger partial charge in [0.25, 0.3) is 5.91 Å². The van der Waals surface area contributed by atoms with Crippen LogP contribution in [0.15, 0.2) is 46.9 Å². The normalized spacial score (nSPS) is 15.6. The van der Waals surface area contributed by atoms with Gasteiger partial charge in [-0.1, -0.05) is 28.1 Å². The number of amides is 2. The minimum atomic E-state index is -0.561. The van der Waals surface area contributed by atoms with Gasteiger partial charge in [0, 0.05) is 36.6 Å². The van der Waals surface area contributed by atoms with Crippen molar-refractivity contribution in [3.05, 3.63) is 52.5 Å². The second-order valence-corrected chi connectivity index (χ2v) is 7.59. The summed E-state index contributed by atoms with van der Waals surface area (Å²) in [5.41, 5.74) is 1.61. The monoisotopic (exact) mass is 446 g/mol. The summed E-state index contributed by atoms with van der Waals surface area (Å²) in [6.07, 6.45) is -0.340. The number of hydrogen-bond donors (Lipinski definition) is 0. The first kappa shape index (κ1) is 20.2. The predicted molar refractivity (Wildman–Crippen MR) is 111 cm³/mol. The highest BCUT2D eigenvalue weighted by atomic mass is 79.9. The Morgan fingerprint density at radius 3 is 2.79 bits per heavy atom. The van der Waals surface area contributed by atoms with Crippen molar-refractivity contribution in [1.29, 1.82) is 0 Å². The van der Waals surface area contributed by atoms with E-state index in [1.54, 1.807) is 30.9 Å². The maximum Gasteiger partial charge on any atom is 0.267 e. The molecule has 7 heteroatoms. The van der Waals surface area contributed by atoms with Crippen molar-refractivity contribution in [1.82, 2.24) is 4.90 Å². The second kappa shape index (κ2) is 8.65. The molecule has 0 bridgehead atoms. The number of methoxy groups -OCH3 is 1. The molecule has 2 amide bonds. The van der Waals surface area contributed by atoms with E-state index < -0.39 is 6.10 Å². The average molecular weight is 447 g/mol. The molecule has 0 saturated carbocycles. The maximum absolute atomic E-state index is 12.7. The van der Waals surface area contributed by atoms with E-state index >= 15 is 0 Å². The van der Waals surface area contributed by atoms with Crippen LogP contribution in [0.1, 0.15) is 18.9 Å². The summed E-state index contributed by atoms with van der Waals surface area (Å²) in [5, 5.41) is 0. The lowest BCUT2D eigenvalue weighted by Crippen LogP contribution is -2.45. The van der Waals surface area contributed by atoms with Crippen molar-refractivity contribution in [2.75, 3.05) is 25.6 Å². The zero-order valence-electron chi connectivity index (χ0n) is 16.1. The van der Waals surface area contributed by atoms with Crippen molar-refractivity contribution in [2.45, 2.75) is 26.0 Å². The highest BCUT2D eigenvalue weighted by molar-refractivity contribution is 9.10. The first-order valence-corrected chi connectivity index (χ1v) is 9.83. The lowest BCUT2D eigenvalue weighted by atomic mass is 10.1. The van der Waals surface area contributed by atoms with Crippen LogP contribution in [-0.2, 0) is 16.1 Å². The van der Waals surface area contributed by atoms with Gasteiger partial charge in [0.1, 0.15) is 11.5 Å². The number of carbonyl (C=O) groups excluding carboxylic acids is 2. The maximum atomic E-state index is 12.7. The van der Waals surface area contributed by atoms with Crippen LogP contribution in [0.4, 0.5) is 5.69 Å². The molecule has 0 N–H and O–H groups in total. The van der Waals surface area contributed by atoms with Crippen LogP contribution in [0.2, 0.25) is 0 Å². The fourth-order valence-corrected chi connectivity index (χ4v) is 3.61. The Morgan fingerprint density at radius 2 is 2.04 bits per heavy atom. The number of fused-ring (bicyclic) bond motifs is 1. The van der Waals surface area contributed by atoms with E-state index in [2.05, 4.69) is 15.9 Å². The Balaban J connectivity index is 1.67. The van der Waals surface area contributed by atoms with E-state index in [1.165, 1.54) is 0 Å². The van der Waals surface area contributed by atoms with Gasteiger partial charge in [-0.2, -0.15) is 0 Å². The SMILES string of the molecule is COc1ccc(Br)cc1CN(C)C(=O)CCN1C(=O)C(C)Oc2ccccc21. The Hall–Kier alpha value is -2.54. The molecule has 1 unspecified atom stereocenters. The smallest absolute Gasteiger partial charge is 0.267 e. The predicted octanol–water partition coefficient (Wildman–Crippen LogP) is 3.62. The topological polar surface area (TPSA) is 59.1 Å². The van der Waals surface area contributed by atoms with E-state index in [1.807, 2.05) is 42.5 Å². The third-order valence-electron chi connectivity index (χ3n) is 4.70. The fraction of sp³-hybridized carbons (Fsp3) is 0.333. The molecule has 1 aliphatic rings. The van der Waals surface area contributed by atoms with Gasteiger partial charge in [0.15, 0.2) is 6.10 Å². The molecule has 0 fully saturated rings. The van der Waals surface area contributed by atoms with Crippen LogP contribution in [0.3, 0.4) is 0 Å². The quantitative estimate of drug-likeness (QED) is 0.679. The molecule has 0 radical (unpaired) electrons. The van der Waals surface area contributed by atoms with Crippen LogP contribution >= 0.6 is 15.9 Å². The van der Waals surface area contributed by atoms with Gasteiger partial charge in [0.2, 0.25) is 5.91 Å². The van der Waals surface area contributed by atoms with Crippen LogP contribution in [0, 0.1) is 0 Å². The molecule has 1 aliphatic heterocycles. The molecular formula is C21H23BrN2O4. The molecule has 148 valence electrons. The first-order valence-electron chi connectivity index (χ1n) is 9.04. The first-order chi connectivity index (χ1) is 13.4. The Morgan fingerprint density at radius 1 is 1.29 bits per heavy atom. The summed E-state index contributed by atoms with van der Waals surface area (Å²) in [6.45, 7) is 2.45. The van der Waals surface area contributed by atoms with Gasteiger partial charge in [-0.05, 0) is 37.3 Å². The van der Waals surface area contributed by atoms with Gasteiger partial charge in [-0.25, -0.2) is 0 Å². The van der Waals surface area contributed by atoms with Crippen LogP contribution in [0.5, 0.6) is 11.5 Å². The van der Waals surface area contributed by atoms with Crippen molar-refractivity contribution >= 4 is 33.4 Å². The Bertz CT molecular complexity index is 886. The summed E-state index contributed by atoms with van der Waals surface area (Å²) in [7, 11) is 3.36. The van der Waals surface area contributed by atoms with Crippen LogP contribution in [0.25, 0.3) is 0 Å². The molecule has 1 atom stereocenters. The van der Waals surface area contributed by atoms with Gasteiger partial charge in [-0.3, -0.25) is 9.59 Å². The lowest BCUT2D eigenvalue weighted by Gasteiger charge is -2.33. The Kier molecular flexibility index (Phi) is 6.24. The summed E-state index contributed by atoms with van der Waals surface area (Å²) < 4.78 is 11.9. The molecule has 28 heavy (non-hydrogen) atoms. The third kappa shape index (κ3) is 4.30. The molecule has 2 aromatic rings. The average Bonchev–Trinajstić information content (AvgIpc) is 2.68. The lowest BCUT2D eigenvalue weighted by molar-refractivity contribution is -0.130. The molecule has 0 aromatic heterocycles. The highest BCUT2D eigenvalue weighted by Gasteiger charge is 2.31. The number of carbonyl (C=O) groups is 2. The highest BCUT2D eigenvalue weighted by Crippen LogP contribution is 2.33. The second-order valence-electron chi connectivity index (χ2n) is 6.67. The van der Waals surface area contributed by atoms with Gasteiger partial charge in [-0.15, -0.1) is 0 Å². The zero-order valence-corrected chi connectivity index (χ0v) is 17.7. The van der Waals surface area contributed by atoms with Gasteiger partial charge >= 0.3 is 0 Å². The molecule has 0 spiro atoms. The molecule has 1 heterocycles. The molecule has 6 nitrogen and oxygen atoms in total. The number of para-hydroxylation sites is 2. The number of ether oxygens (including phenoxy) is 2. The number of benzene rings is 2. The van der Waals surface area contributed by atoms with Crippen molar-refractivity contribution in [3.63, 3.8) is 0 Å². The minimum Gasteiger partial charge on any atom is -0.496 e. The third-order valence-corrected chi connectivity index (χ3v) is 5.19. The largest absolute Gasteiger partial charge is 0.496 e. The van der Waals surface area contributed by atoms with Crippen LogP contribution < -0.4 is 14.4 Å². The number of halogens is 1. The van der Waals surface area contributed by atoms with E-state index in [0.29, 0.717) is 24.5 Å². The number of hydrogen-bond acceptors (Lipinski definition) is 4. The Labute approximate surface area is 173 Å². The van der Waals surface area contributed by atoms with Gasteiger partial charge in [0.05, 0.1) is 12.8 Å². The van der Waals surface area contributed by atoms with E-state index in [-0.39, 0.29) is 18.2 Å². The zero-order chi connectivity index (χ0) is 20.3. The van der Waals surface area contributed by atoms with Crippen molar-refractivity contribution in [2.24, 2.45) is 0 Å². The fourth-order valence-electron chi connectivity index (χ4n) is 3.20. The van der Waals surface area contributed by atoms with E-state index in [4.69, 9.17) is 9.47 Å². The summed E-state index contributed by atoms with van der Waals surface area (Å²) in [5.74, 6) is 1.21. The molecule has 0 saturated heterocycles. The minimum absolute atomic E-state index is 0.0496. The number of rotatable bonds is 6. The van der Waals surface area contributed by atoms with Crippen LogP contribution in [-0.4, -0.2) is 43.5 Å². The van der Waals surface area contributed by atoms with Crippen molar-refractivity contribution < 1.29 is 19.1 Å². The number of nitrogens with zero attached hydrogens (tertiary/aromatic N) is 2. The molecule has 3 rings (SSSR count). The summed E-state index contributed by atoms with van der Waals surface area (Å²) in [4.78, 5) is 28.5. The molecular weight excluding hydrogens is 424 g/mol. The van der Waals surface area contributed by atoms with E-state index in [0.717, 1.165) is 15.8 Å².